The number of aliphatic hydroxyl groups is 5. The maximum Gasteiger partial charge on any atom is 0.472 e. The molecule has 0 aromatic carbocycles. The minimum Gasteiger partial charge on any atom is -0.462 e. The number of unbranched alkanes of at least 4 members (excludes halogenated alkanes) is 32. The predicted octanol–water partition coefficient (Wildman–Crippen LogP) is 11.8. The van der Waals surface area contributed by atoms with E-state index in [0.29, 0.717) is 12.8 Å². The number of carbonyl (C=O) groups excluding carboxylic acids is 2. The largest absolute Gasteiger partial charge is 0.472 e. The average Bonchev–Trinajstić information content (AvgIpc) is 3.30. The Morgan fingerprint density at radius 1 is 0.455 bits per heavy atom. The van der Waals surface area contributed by atoms with E-state index < -0.39 is 75.7 Å². The van der Waals surface area contributed by atoms with Crippen molar-refractivity contribution in [2.24, 2.45) is 0 Å². The second-order valence-electron chi connectivity index (χ2n) is 19.1. The number of esters is 2. The van der Waals surface area contributed by atoms with Crippen LogP contribution in [-0.2, 0) is 32.7 Å². The topological polar surface area (TPSA) is 210 Å². The summed E-state index contributed by atoms with van der Waals surface area (Å²) < 4.78 is 33.7. The highest BCUT2D eigenvalue weighted by molar-refractivity contribution is 7.47. The van der Waals surface area contributed by atoms with E-state index >= 15 is 0 Å². The lowest BCUT2D eigenvalue weighted by atomic mass is 9.85. The van der Waals surface area contributed by atoms with Crippen molar-refractivity contribution in [3.05, 3.63) is 12.2 Å². The van der Waals surface area contributed by atoms with Gasteiger partial charge in [-0.25, -0.2) is 4.57 Å². The first kappa shape index (κ1) is 62.6. The van der Waals surface area contributed by atoms with Crippen LogP contribution in [0.3, 0.4) is 0 Å². The summed E-state index contributed by atoms with van der Waals surface area (Å²) in [4.78, 5) is 35.9. The summed E-state index contributed by atoms with van der Waals surface area (Å²) >= 11 is 0. The molecule has 14 heteroatoms. The Morgan fingerprint density at radius 2 is 0.773 bits per heavy atom. The third-order valence-corrected chi connectivity index (χ3v) is 13.8. The van der Waals surface area contributed by atoms with Crippen LogP contribution in [0.1, 0.15) is 251 Å². The molecule has 6 N–H and O–H groups in total. The molecule has 0 radical (unpaired) electrons. The number of phosphoric ester groups is 1. The Balaban J connectivity index is 2.36. The van der Waals surface area contributed by atoms with Crippen LogP contribution >= 0.6 is 7.82 Å². The van der Waals surface area contributed by atoms with Gasteiger partial charge in [0.15, 0.2) is 6.10 Å². The number of ether oxygens (including phenoxy) is 2. The molecule has 0 heterocycles. The van der Waals surface area contributed by atoms with E-state index in [1.165, 1.54) is 167 Å². The summed E-state index contributed by atoms with van der Waals surface area (Å²) in [6.45, 7) is 3.34. The molecule has 6 unspecified atom stereocenters. The van der Waals surface area contributed by atoms with Gasteiger partial charge in [0.05, 0.1) is 6.61 Å². The quantitative estimate of drug-likeness (QED) is 0.0145. The van der Waals surface area contributed by atoms with Gasteiger partial charge in [-0.1, -0.05) is 212 Å². The van der Waals surface area contributed by atoms with Crippen molar-refractivity contribution in [2.75, 3.05) is 13.2 Å². The highest BCUT2D eigenvalue weighted by Gasteiger charge is 2.51. The maximum atomic E-state index is 12.9. The number of phosphoric acid groups is 1. The van der Waals surface area contributed by atoms with Crippen molar-refractivity contribution in [1.29, 1.82) is 0 Å². The molecule has 0 aromatic rings. The van der Waals surface area contributed by atoms with E-state index in [-0.39, 0.29) is 12.8 Å². The van der Waals surface area contributed by atoms with Crippen molar-refractivity contribution in [2.45, 2.75) is 294 Å². The molecule has 13 nitrogen and oxygen atoms in total. The second kappa shape index (κ2) is 42.5. The molecular formula is C52H99O13P. The van der Waals surface area contributed by atoms with Crippen molar-refractivity contribution in [1.82, 2.24) is 0 Å². The van der Waals surface area contributed by atoms with Gasteiger partial charge in [0.1, 0.15) is 43.2 Å². The Hall–Kier alpha value is -1.41. The fourth-order valence-electron chi connectivity index (χ4n) is 8.52. The molecule has 0 aromatic heterocycles. The van der Waals surface area contributed by atoms with Crippen LogP contribution < -0.4 is 0 Å². The molecule has 8 atom stereocenters. The zero-order valence-corrected chi connectivity index (χ0v) is 42.7. The van der Waals surface area contributed by atoms with E-state index in [9.17, 15) is 44.6 Å². The van der Waals surface area contributed by atoms with Crippen molar-refractivity contribution in [3.63, 3.8) is 0 Å². The van der Waals surface area contributed by atoms with E-state index in [4.69, 9.17) is 18.5 Å². The van der Waals surface area contributed by atoms with Crippen LogP contribution in [0.5, 0.6) is 0 Å². The summed E-state index contributed by atoms with van der Waals surface area (Å²) in [5.74, 6) is -1.08. The van der Waals surface area contributed by atoms with Gasteiger partial charge in [-0.3, -0.25) is 18.6 Å². The third kappa shape index (κ3) is 34.0. The Bertz CT molecular complexity index is 1200. The average molecular weight is 963 g/mol. The smallest absolute Gasteiger partial charge is 0.462 e. The molecule has 0 spiro atoms. The molecule has 0 bridgehead atoms. The first-order chi connectivity index (χ1) is 31.9. The first-order valence-electron chi connectivity index (χ1n) is 27.0. The standard InChI is InChI=1S/C52H99O13P/c1-3-5-7-9-11-13-15-17-19-21-22-23-24-25-27-29-31-33-35-37-39-41-46(54)64-44(43-63-66(60,61)65-52-50(58)48(56)47(55)49(57)51(52)59)42-62-45(53)40-38-36-34-32-30-28-26-20-18-16-14-12-10-8-6-4-2/h17,19,44,47-52,55-59H,3-16,18,20-43H2,1-2H3,(H,60,61)/b19-17+/t44-,47?,48-,49?,50?,51?,52?/m1/s1. The monoisotopic (exact) mass is 963 g/mol. The summed E-state index contributed by atoms with van der Waals surface area (Å²) in [5, 5.41) is 50.3. The molecular weight excluding hydrogens is 864 g/mol. The fourth-order valence-corrected chi connectivity index (χ4v) is 9.49. The van der Waals surface area contributed by atoms with Gasteiger partial charge in [-0.05, 0) is 38.5 Å². The zero-order chi connectivity index (χ0) is 48.5. The summed E-state index contributed by atoms with van der Waals surface area (Å²) in [5.41, 5.74) is 0. The summed E-state index contributed by atoms with van der Waals surface area (Å²) in [6.07, 6.45) is 34.0. The Labute approximate surface area is 401 Å². The molecule has 1 rings (SSSR count). The number of rotatable bonds is 46. The first-order valence-corrected chi connectivity index (χ1v) is 28.5. The molecule has 0 aliphatic heterocycles. The number of allylic oxidation sites excluding steroid dienone is 2. The van der Waals surface area contributed by atoms with Crippen molar-refractivity contribution in [3.8, 4) is 0 Å². The van der Waals surface area contributed by atoms with Crippen molar-refractivity contribution < 1.29 is 63.1 Å². The van der Waals surface area contributed by atoms with Crippen LogP contribution in [0.4, 0.5) is 0 Å². The number of aliphatic hydroxyl groups excluding tert-OH is 5. The number of carbonyl (C=O) groups is 2. The molecule has 1 aliphatic rings. The second-order valence-corrected chi connectivity index (χ2v) is 20.5. The SMILES string of the molecule is CCCCCCCC/C=C/CCCCCCCCCCCCCC(=O)O[C@H](COC(=O)CCCCCCCCCCCCCCCCCC)COP(=O)(O)OC1C(O)C(O)C(O)[C@@H](O)C1O. The van der Waals surface area contributed by atoms with Gasteiger partial charge in [0.25, 0.3) is 0 Å². The lowest BCUT2D eigenvalue weighted by Crippen LogP contribution is -2.64. The number of hydrogen-bond donors (Lipinski definition) is 6. The lowest BCUT2D eigenvalue weighted by Gasteiger charge is -2.41. The van der Waals surface area contributed by atoms with E-state index in [2.05, 4.69) is 26.0 Å². The highest BCUT2D eigenvalue weighted by atomic mass is 31.2. The minimum atomic E-state index is -5.12. The van der Waals surface area contributed by atoms with Crippen LogP contribution in [0.25, 0.3) is 0 Å². The normalized spacial score (nSPS) is 21.3. The van der Waals surface area contributed by atoms with Crippen LogP contribution in [0.2, 0.25) is 0 Å². The lowest BCUT2D eigenvalue weighted by molar-refractivity contribution is -0.220. The fraction of sp³-hybridized carbons (Fsp3) is 0.923. The van der Waals surface area contributed by atoms with E-state index in [1.54, 1.807) is 0 Å². The van der Waals surface area contributed by atoms with Crippen LogP contribution in [0, 0.1) is 0 Å². The molecule has 0 amide bonds. The highest BCUT2D eigenvalue weighted by Crippen LogP contribution is 2.47. The van der Waals surface area contributed by atoms with Gasteiger partial charge in [-0.2, -0.15) is 0 Å². The summed E-state index contributed by atoms with van der Waals surface area (Å²) in [7, 11) is -5.12. The van der Waals surface area contributed by atoms with E-state index in [1.807, 2.05) is 0 Å². The van der Waals surface area contributed by atoms with Gasteiger partial charge < -0.3 is 39.9 Å². The molecule has 390 valence electrons. The van der Waals surface area contributed by atoms with Crippen LogP contribution in [0.15, 0.2) is 12.2 Å². The molecule has 66 heavy (non-hydrogen) atoms. The molecule has 0 saturated heterocycles. The maximum absolute atomic E-state index is 12.9. The van der Waals surface area contributed by atoms with Gasteiger partial charge in [0, 0.05) is 12.8 Å². The predicted molar refractivity (Wildman–Crippen MR) is 263 cm³/mol. The van der Waals surface area contributed by atoms with Crippen molar-refractivity contribution >= 4 is 19.8 Å². The molecule has 1 fully saturated rings. The number of hydrogen-bond acceptors (Lipinski definition) is 12. The Kier molecular flexibility index (Phi) is 40.3. The van der Waals surface area contributed by atoms with Gasteiger partial charge >= 0.3 is 19.8 Å². The Morgan fingerprint density at radius 3 is 1.15 bits per heavy atom. The third-order valence-electron chi connectivity index (χ3n) is 12.9. The van der Waals surface area contributed by atoms with Crippen LogP contribution in [-0.4, -0.2) is 98.3 Å². The summed E-state index contributed by atoms with van der Waals surface area (Å²) in [6, 6.07) is 0. The molecule has 1 saturated carbocycles. The molecule has 1 aliphatic carbocycles. The van der Waals surface area contributed by atoms with Gasteiger partial charge in [-0.15, -0.1) is 0 Å². The van der Waals surface area contributed by atoms with E-state index in [0.717, 1.165) is 44.9 Å². The minimum absolute atomic E-state index is 0.101. The van der Waals surface area contributed by atoms with Gasteiger partial charge in [0.2, 0.25) is 0 Å². The zero-order valence-electron chi connectivity index (χ0n) is 41.8.